The summed E-state index contributed by atoms with van der Waals surface area (Å²) in [5.41, 5.74) is 6.77. The number of carbonyl (C=O) groups excluding carboxylic acids is 1. The standard InChI is InChI=1S/C14H23N3O2/c1-11(2)4-7-19-8-6-17-14(18)12-3-5-16-13(9-12)10-15/h3,5,9,11H,4,6-8,10,15H2,1-2H3,(H,17,18). The van der Waals surface area contributed by atoms with Crippen LogP contribution in [0.2, 0.25) is 0 Å². The summed E-state index contributed by atoms with van der Waals surface area (Å²) in [6, 6.07) is 3.38. The molecule has 106 valence electrons. The van der Waals surface area contributed by atoms with Crippen molar-refractivity contribution in [2.45, 2.75) is 26.8 Å². The van der Waals surface area contributed by atoms with Gasteiger partial charge in [-0.1, -0.05) is 13.8 Å². The van der Waals surface area contributed by atoms with E-state index in [1.165, 1.54) is 0 Å². The molecule has 0 aliphatic heterocycles. The lowest BCUT2D eigenvalue weighted by atomic mass is 10.1. The van der Waals surface area contributed by atoms with Gasteiger partial charge in [-0.25, -0.2) is 0 Å². The van der Waals surface area contributed by atoms with Gasteiger partial charge in [0.2, 0.25) is 0 Å². The zero-order chi connectivity index (χ0) is 14.1. The van der Waals surface area contributed by atoms with Crippen molar-refractivity contribution in [1.82, 2.24) is 10.3 Å². The smallest absolute Gasteiger partial charge is 0.251 e. The van der Waals surface area contributed by atoms with Crippen LogP contribution in [0.5, 0.6) is 0 Å². The second-order valence-electron chi connectivity index (χ2n) is 4.79. The molecule has 0 spiro atoms. The summed E-state index contributed by atoms with van der Waals surface area (Å²) in [6.07, 6.45) is 2.63. The third-order valence-corrected chi connectivity index (χ3v) is 2.66. The van der Waals surface area contributed by atoms with Gasteiger partial charge < -0.3 is 15.8 Å². The highest BCUT2D eigenvalue weighted by molar-refractivity contribution is 5.94. The van der Waals surface area contributed by atoms with E-state index in [0.717, 1.165) is 13.0 Å². The van der Waals surface area contributed by atoms with Gasteiger partial charge in [0, 0.05) is 31.5 Å². The Labute approximate surface area is 114 Å². The van der Waals surface area contributed by atoms with Crippen LogP contribution in [0.25, 0.3) is 0 Å². The molecule has 19 heavy (non-hydrogen) atoms. The highest BCUT2D eigenvalue weighted by Crippen LogP contribution is 2.01. The molecule has 1 rings (SSSR count). The maximum atomic E-state index is 11.8. The van der Waals surface area contributed by atoms with Gasteiger partial charge in [-0.3, -0.25) is 9.78 Å². The molecule has 0 bridgehead atoms. The second-order valence-corrected chi connectivity index (χ2v) is 4.79. The third kappa shape index (κ3) is 6.31. The molecule has 0 radical (unpaired) electrons. The minimum atomic E-state index is -0.121. The zero-order valence-electron chi connectivity index (χ0n) is 11.7. The Morgan fingerprint density at radius 1 is 1.47 bits per heavy atom. The summed E-state index contributed by atoms with van der Waals surface area (Å²) in [6.45, 7) is 6.43. The van der Waals surface area contributed by atoms with E-state index in [1.807, 2.05) is 0 Å². The minimum absolute atomic E-state index is 0.121. The number of hydrogen-bond donors (Lipinski definition) is 2. The van der Waals surface area contributed by atoms with Crippen LogP contribution in [0.15, 0.2) is 18.3 Å². The molecule has 1 heterocycles. The van der Waals surface area contributed by atoms with E-state index in [4.69, 9.17) is 10.5 Å². The number of aromatic nitrogens is 1. The van der Waals surface area contributed by atoms with Crippen LogP contribution in [0.4, 0.5) is 0 Å². The Kier molecular flexibility index (Phi) is 7.07. The molecule has 0 saturated carbocycles. The predicted molar refractivity (Wildman–Crippen MR) is 74.7 cm³/mol. The van der Waals surface area contributed by atoms with Crippen LogP contribution in [-0.2, 0) is 11.3 Å². The van der Waals surface area contributed by atoms with E-state index in [0.29, 0.717) is 36.9 Å². The topological polar surface area (TPSA) is 77.2 Å². The van der Waals surface area contributed by atoms with E-state index >= 15 is 0 Å². The highest BCUT2D eigenvalue weighted by atomic mass is 16.5. The van der Waals surface area contributed by atoms with Gasteiger partial charge in [0.15, 0.2) is 0 Å². The first-order valence-corrected chi connectivity index (χ1v) is 6.64. The molecule has 0 unspecified atom stereocenters. The molecule has 1 aromatic rings. The molecule has 0 fully saturated rings. The summed E-state index contributed by atoms with van der Waals surface area (Å²) in [5.74, 6) is 0.519. The van der Waals surface area contributed by atoms with Crippen molar-refractivity contribution in [1.29, 1.82) is 0 Å². The number of ether oxygens (including phenoxy) is 1. The average Bonchev–Trinajstić information content (AvgIpc) is 2.42. The SMILES string of the molecule is CC(C)CCOCCNC(=O)c1ccnc(CN)c1. The number of carbonyl (C=O) groups is 1. The average molecular weight is 265 g/mol. The second kappa shape index (κ2) is 8.61. The van der Waals surface area contributed by atoms with Gasteiger partial charge >= 0.3 is 0 Å². The predicted octanol–water partition coefficient (Wildman–Crippen LogP) is 1.33. The van der Waals surface area contributed by atoms with E-state index < -0.39 is 0 Å². The first kappa shape index (κ1) is 15.6. The lowest BCUT2D eigenvalue weighted by Gasteiger charge is -2.08. The van der Waals surface area contributed by atoms with Gasteiger partial charge in [0.25, 0.3) is 5.91 Å². The number of hydrogen-bond acceptors (Lipinski definition) is 4. The van der Waals surface area contributed by atoms with Crippen molar-refractivity contribution in [3.8, 4) is 0 Å². The first-order chi connectivity index (χ1) is 9.13. The molecule has 1 aromatic heterocycles. The number of nitrogens with one attached hydrogen (secondary N) is 1. The molecule has 0 atom stereocenters. The lowest BCUT2D eigenvalue weighted by molar-refractivity contribution is 0.0905. The van der Waals surface area contributed by atoms with Crippen LogP contribution >= 0.6 is 0 Å². The molecular formula is C14H23N3O2. The summed E-state index contributed by atoms with van der Waals surface area (Å²) >= 11 is 0. The Balaban J connectivity index is 2.23. The van der Waals surface area contributed by atoms with Crippen LogP contribution < -0.4 is 11.1 Å². The maximum Gasteiger partial charge on any atom is 0.251 e. The zero-order valence-corrected chi connectivity index (χ0v) is 11.7. The van der Waals surface area contributed by atoms with Gasteiger partial charge in [-0.15, -0.1) is 0 Å². The maximum absolute atomic E-state index is 11.8. The number of nitrogens with zero attached hydrogens (tertiary/aromatic N) is 1. The van der Waals surface area contributed by atoms with E-state index in [-0.39, 0.29) is 5.91 Å². The van der Waals surface area contributed by atoms with Crippen molar-refractivity contribution in [3.63, 3.8) is 0 Å². The fraction of sp³-hybridized carbons (Fsp3) is 0.571. The number of nitrogens with two attached hydrogens (primary N) is 1. The molecule has 5 heteroatoms. The Bertz CT molecular complexity index is 394. The van der Waals surface area contributed by atoms with Crippen molar-refractivity contribution in [2.24, 2.45) is 11.7 Å². The number of amides is 1. The molecular weight excluding hydrogens is 242 g/mol. The van der Waals surface area contributed by atoms with Gasteiger partial charge in [0.1, 0.15) is 0 Å². The Hall–Kier alpha value is -1.46. The minimum Gasteiger partial charge on any atom is -0.380 e. The quantitative estimate of drug-likeness (QED) is 0.695. The largest absolute Gasteiger partial charge is 0.380 e. The summed E-state index contributed by atoms with van der Waals surface area (Å²) in [7, 11) is 0. The third-order valence-electron chi connectivity index (χ3n) is 2.66. The molecule has 0 aliphatic rings. The molecule has 0 saturated heterocycles. The molecule has 0 aliphatic carbocycles. The van der Waals surface area contributed by atoms with E-state index in [9.17, 15) is 4.79 Å². The summed E-state index contributed by atoms with van der Waals surface area (Å²) in [5, 5.41) is 2.81. The summed E-state index contributed by atoms with van der Waals surface area (Å²) < 4.78 is 5.43. The number of rotatable bonds is 8. The molecule has 0 aromatic carbocycles. The first-order valence-electron chi connectivity index (χ1n) is 6.64. The fourth-order valence-electron chi connectivity index (χ4n) is 1.49. The van der Waals surface area contributed by atoms with Crippen LogP contribution in [0.1, 0.15) is 36.3 Å². The van der Waals surface area contributed by atoms with Crippen molar-refractivity contribution < 1.29 is 9.53 Å². The van der Waals surface area contributed by atoms with E-state index in [1.54, 1.807) is 18.3 Å². The molecule has 3 N–H and O–H groups in total. The molecule has 1 amide bonds. The highest BCUT2D eigenvalue weighted by Gasteiger charge is 2.05. The van der Waals surface area contributed by atoms with Gasteiger partial charge in [0.05, 0.1) is 12.3 Å². The monoisotopic (exact) mass is 265 g/mol. The van der Waals surface area contributed by atoms with Crippen molar-refractivity contribution >= 4 is 5.91 Å². The lowest BCUT2D eigenvalue weighted by Crippen LogP contribution is -2.27. The van der Waals surface area contributed by atoms with Crippen LogP contribution in [-0.4, -0.2) is 30.6 Å². The van der Waals surface area contributed by atoms with Gasteiger partial charge in [-0.05, 0) is 24.5 Å². The van der Waals surface area contributed by atoms with Crippen LogP contribution in [0, 0.1) is 5.92 Å². The van der Waals surface area contributed by atoms with Crippen molar-refractivity contribution in [2.75, 3.05) is 19.8 Å². The molecule has 5 nitrogen and oxygen atoms in total. The Morgan fingerprint density at radius 2 is 2.26 bits per heavy atom. The number of pyridine rings is 1. The van der Waals surface area contributed by atoms with E-state index in [2.05, 4.69) is 24.1 Å². The van der Waals surface area contributed by atoms with Crippen molar-refractivity contribution in [3.05, 3.63) is 29.6 Å². The fourth-order valence-corrected chi connectivity index (χ4v) is 1.49. The van der Waals surface area contributed by atoms with Crippen LogP contribution in [0.3, 0.4) is 0 Å². The Morgan fingerprint density at radius 3 is 2.95 bits per heavy atom. The normalized spacial score (nSPS) is 10.7. The summed E-state index contributed by atoms with van der Waals surface area (Å²) in [4.78, 5) is 15.9. The van der Waals surface area contributed by atoms with Gasteiger partial charge in [-0.2, -0.15) is 0 Å².